The van der Waals surface area contributed by atoms with Crippen LogP contribution < -0.4 is 5.32 Å². The minimum Gasteiger partial charge on any atom is -0.366 e. The number of carbonyl (C=O) groups is 1. The topological polar surface area (TPSA) is 72.3 Å². The van der Waals surface area contributed by atoms with Crippen molar-refractivity contribution in [2.24, 2.45) is 0 Å². The SMILES string of the molecule is O=C([C@@H]1CNCCO1)N1CCC(c2nccn2Cc2ccccn2)CC1. The average molecular weight is 355 g/mol. The molecule has 4 rings (SSSR count). The summed E-state index contributed by atoms with van der Waals surface area (Å²) in [4.78, 5) is 23.5. The number of pyridine rings is 1. The van der Waals surface area contributed by atoms with Crippen LogP contribution in [0, 0.1) is 0 Å². The minimum atomic E-state index is -0.327. The number of piperidine rings is 1. The highest BCUT2D eigenvalue weighted by atomic mass is 16.5. The van der Waals surface area contributed by atoms with Gasteiger partial charge in [-0.25, -0.2) is 4.98 Å². The molecular formula is C19H25N5O2. The molecule has 0 radical (unpaired) electrons. The van der Waals surface area contributed by atoms with Gasteiger partial charge in [0.1, 0.15) is 11.9 Å². The highest BCUT2D eigenvalue weighted by Gasteiger charge is 2.31. The molecule has 26 heavy (non-hydrogen) atoms. The molecule has 0 spiro atoms. The van der Waals surface area contributed by atoms with Gasteiger partial charge in [-0.05, 0) is 25.0 Å². The zero-order valence-electron chi connectivity index (χ0n) is 14.9. The molecule has 1 N–H and O–H groups in total. The number of morpholine rings is 1. The van der Waals surface area contributed by atoms with Gasteiger partial charge in [0.05, 0.1) is 18.8 Å². The molecule has 2 aliphatic rings. The van der Waals surface area contributed by atoms with Crippen LogP contribution in [0.2, 0.25) is 0 Å². The number of amides is 1. The number of imidazole rings is 1. The van der Waals surface area contributed by atoms with E-state index in [-0.39, 0.29) is 12.0 Å². The predicted octanol–water partition coefficient (Wildman–Crippen LogP) is 1.02. The number of hydrogen-bond acceptors (Lipinski definition) is 5. The van der Waals surface area contributed by atoms with Gasteiger partial charge in [-0.15, -0.1) is 0 Å². The highest BCUT2D eigenvalue weighted by molar-refractivity contribution is 5.81. The van der Waals surface area contributed by atoms with Crippen molar-refractivity contribution < 1.29 is 9.53 Å². The Kier molecular flexibility index (Phi) is 5.26. The number of likely N-dealkylation sites (tertiary alicyclic amines) is 1. The fourth-order valence-corrected chi connectivity index (χ4v) is 3.77. The Morgan fingerprint density at radius 3 is 2.85 bits per heavy atom. The Morgan fingerprint density at radius 2 is 2.12 bits per heavy atom. The summed E-state index contributed by atoms with van der Waals surface area (Å²) in [5.74, 6) is 1.59. The first kappa shape index (κ1) is 17.2. The Labute approximate surface area is 153 Å². The molecule has 7 heteroatoms. The number of nitrogens with one attached hydrogen (secondary N) is 1. The molecule has 1 amide bonds. The first-order chi connectivity index (χ1) is 12.8. The third kappa shape index (κ3) is 3.78. The van der Waals surface area contributed by atoms with E-state index in [9.17, 15) is 4.79 Å². The average Bonchev–Trinajstić information content (AvgIpc) is 3.17. The maximum Gasteiger partial charge on any atom is 0.253 e. The van der Waals surface area contributed by atoms with Crippen molar-refractivity contribution in [3.05, 3.63) is 48.3 Å². The molecule has 2 aromatic rings. The summed E-state index contributed by atoms with van der Waals surface area (Å²) in [7, 11) is 0. The van der Waals surface area contributed by atoms with Gasteiger partial charge in [0.2, 0.25) is 0 Å². The van der Waals surface area contributed by atoms with Crippen molar-refractivity contribution in [1.82, 2.24) is 24.8 Å². The zero-order valence-corrected chi connectivity index (χ0v) is 14.9. The van der Waals surface area contributed by atoms with Gasteiger partial charge >= 0.3 is 0 Å². The van der Waals surface area contributed by atoms with Crippen LogP contribution in [-0.4, -0.2) is 64.2 Å². The monoisotopic (exact) mass is 355 g/mol. The lowest BCUT2D eigenvalue weighted by Crippen LogP contribution is -2.51. The van der Waals surface area contributed by atoms with E-state index in [1.807, 2.05) is 41.7 Å². The van der Waals surface area contributed by atoms with Crippen LogP contribution in [-0.2, 0) is 16.1 Å². The Hall–Kier alpha value is -2.25. The molecule has 2 fully saturated rings. The molecule has 2 aliphatic heterocycles. The van der Waals surface area contributed by atoms with Gasteiger partial charge in [0.15, 0.2) is 0 Å². The standard InChI is InChI=1S/C19H25N5O2/c25-19(17-13-20-8-12-26-17)23-9-4-15(5-10-23)18-22-7-11-24(18)14-16-3-1-2-6-21-16/h1-3,6-7,11,15,17,20H,4-5,8-10,12-14H2/t17-/m0/s1. The first-order valence-electron chi connectivity index (χ1n) is 9.33. The third-order valence-corrected chi connectivity index (χ3v) is 5.18. The molecule has 2 saturated heterocycles. The molecule has 0 aliphatic carbocycles. The second-order valence-corrected chi connectivity index (χ2v) is 6.90. The van der Waals surface area contributed by atoms with E-state index >= 15 is 0 Å². The van der Waals surface area contributed by atoms with Crippen LogP contribution in [0.1, 0.15) is 30.3 Å². The van der Waals surface area contributed by atoms with Crippen LogP contribution in [0.25, 0.3) is 0 Å². The fourth-order valence-electron chi connectivity index (χ4n) is 3.77. The summed E-state index contributed by atoms with van der Waals surface area (Å²) in [6.07, 6.45) is 7.24. The first-order valence-corrected chi connectivity index (χ1v) is 9.33. The number of rotatable bonds is 4. The number of ether oxygens (including phenoxy) is 1. The lowest BCUT2D eigenvalue weighted by molar-refractivity contribution is -0.146. The Morgan fingerprint density at radius 1 is 1.23 bits per heavy atom. The quantitative estimate of drug-likeness (QED) is 0.887. The summed E-state index contributed by atoms with van der Waals surface area (Å²) in [6.45, 7) is 4.31. The van der Waals surface area contributed by atoms with E-state index in [0.717, 1.165) is 50.5 Å². The van der Waals surface area contributed by atoms with E-state index in [2.05, 4.69) is 19.9 Å². The van der Waals surface area contributed by atoms with Crippen molar-refractivity contribution in [1.29, 1.82) is 0 Å². The van der Waals surface area contributed by atoms with E-state index < -0.39 is 0 Å². The predicted molar refractivity (Wildman–Crippen MR) is 96.7 cm³/mol. The number of aromatic nitrogens is 3. The second-order valence-electron chi connectivity index (χ2n) is 6.90. The van der Waals surface area contributed by atoms with E-state index in [1.54, 1.807) is 0 Å². The van der Waals surface area contributed by atoms with Gasteiger partial charge < -0.3 is 19.5 Å². The molecule has 138 valence electrons. The summed E-state index contributed by atoms with van der Waals surface area (Å²) in [5, 5.41) is 3.22. The second kappa shape index (κ2) is 7.97. The van der Waals surface area contributed by atoms with Crippen LogP contribution in [0.15, 0.2) is 36.8 Å². The molecular weight excluding hydrogens is 330 g/mol. The maximum atomic E-state index is 12.6. The summed E-state index contributed by atoms with van der Waals surface area (Å²) in [5.41, 5.74) is 1.03. The minimum absolute atomic E-state index is 0.118. The van der Waals surface area contributed by atoms with E-state index in [4.69, 9.17) is 4.74 Å². The van der Waals surface area contributed by atoms with Crippen molar-refractivity contribution in [3.63, 3.8) is 0 Å². The van der Waals surface area contributed by atoms with Crippen molar-refractivity contribution in [3.8, 4) is 0 Å². The molecule has 1 atom stereocenters. The normalized spacial score (nSPS) is 21.7. The maximum absolute atomic E-state index is 12.6. The van der Waals surface area contributed by atoms with Gasteiger partial charge in [-0.3, -0.25) is 9.78 Å². The molecule has 0 unspecified atom stereocenters. The van der Waals surface area contributed by atoms with Crippen LogP contribution in [0.5, 0.6) is 0 Å². The van der Waals surface area contributed by atoms with Crippen molar-refractivity contribution in [2.45, 2.75) is 31.4 Å². The summed E-state index contributed by atoms with van der Waals surface area (Å²) >= 11 is 0. The van der Waals surface area contributed by atoms with Gasteiger partial charge in [0.25, 0.3) is 5.91 Å². The van der Waals surface area contributed by atoms with Gasteiger partial charge in [-0.2, -0.15) is 0 Å². The third-order valence-electron chi connectivity index (χ3n) is 5.18. The van der Waals surface area contributed by atoms with Crippen molar-refractivity contribution in [2.75, 3.05) is 32.8 Å². The number of nitrogens with zero attached hydrogens (tertiary/aromatic N) is 4. The highest BCUT2D eigenvalue weighted by Crippen LogP contribution is 2.27. The molecule has 0 bridgehead atoms. The lowest BCUT2D eigenvalue weighted by atomic mass is 9.95. The largest absolute Gasteiger partial charge is 0.366 e. The Balaban J connectivity index is 1.36. The Bertz CT molecular complexity index is 719. The van der Waals surface area contributed by atoms with Crippen LogP contribution in [0.3, 0.4) is 0 Å². The number of hydrogen-bond donors (Lipinski definition) is 1. The van der Waals surface area contributed by atoms with Gasteiger partial charge in [-0.1, -0.05) is 6.07 Å². The van der Waals surface area contributed by atoms with E-state index in [1.165, 1.54) is 0 Å². The summed E-state index contributed by atoms with van der Waals surface area (Å²) < 4.78 is 7.78. The van der Waals surface area contributed by atoms with Crippen LogP contribution in [0.4, 0.5) is 0 Å². The van der Waals surface area contributed by atoms with Crippen LogP contribution >= 0.6 is 0 Å². The number of carbonyl (C=O) groups excluding carboxylic acids is 1. The smallest absolute Gasteiger partial charge is 0.253 e. The van der Waals surface area contributed by atoms with Gasteiger partial charge in [0, 0.05) is 50.7 Å². The molecule has 4 heterocycles. The fraction of sp³-hybridized carbons (Fsp3) is 0.526. The zero-order chi connectivity index (χ0) is 17.8. The molecule has 0 aromatic carbocycles. The molecule has 7 nitrogen and oxygen atoms in total. The molecule has 2 aromatic heterocycles. The lowest BCUT2D eigenvalue weighted by Gasteiger charge is -2.35. The van der Waals surface area contributed by atoms with E-state index in [0.29, 0.717) is 19.1 Å². The summed E-state index contributed by atoms with van der Waals surface area (Å²) in [6, 6.07) is 5.96. The van der Waals surface area contributed by atoms with Crippen molar-refractivity contribution >= 4 is 5.91 Å². The molecule has 0 saturated carbocycles.